The number of nitrogens with zero attached hydrogens (tertiary/aromatic N) is 3. The highest BCUT2D eigenvalue weighted by Crippen LogP contribution is 2.23. The molecule has 0 spiro atoms. The van der Waals surface area contributed by atoms with Gasteiger partial charge in [0.05, 0.1) is 18.4 Å². The van der Waals surface area contributed by atoms with E-state index in [4.69, 9.17) is 0 Å². The monoisotopic (exact) mass is 262 g/mol. The van der Waals surface area contributed by atoms with Crippen LogP contribution < -0.4 is 10.9 Å². The van der Waals surface area contributed by atoms with Gasteiger partial charge >= 0.3 is 0 Å². The van der Waals surface area contributed by atoms with E-state index in [2.05, 4.69) is 15.4 Å². The minimum atomic E-state index is -0.0893. The van der Waals surface area contributed by atoms with Gasteiger partial charge in [0, 0.05) is 23.2 Å². The van der Waals surface area contributed by atoms with Crippen LogP contribution >= 0.6 is 11.3 Å². The van der Waals surface area contributed by atoms with Crippen LogP contribution in [0.2, 0.25) is 0 Å². The second kappa shape index (κ2) is 4.53. The van der Waals surface area contributed by atoms with Gasteiger partial charge in [0.1, 0.15) is 5.01 Å². The van der Waals surface area contributed by atoms with Crippen LogP contribution in [-0.2, 0) is 6.54 Å². The summed E-state index contributed by atoms with van der Waals surface area (Å²) < 4.78 is 1.44. The van der Waals surface area contributed by atoms with Crippen LogP contribution in [0.3, 0.4) is 0 Å². The van der Waals surface area contributed by atoms with Crippen molar-refractivity contribution in [3.63, 3.8) is 0 Å². The molecule has 0 unspecified atom stereocenters. The van der Waals surface area contributed by atoms with Crippen LogP contribution in [0.15, 0.2) is 22.4 Å². The highest BCUT2D eigenvalue weighted by Gasteiger charge is 2.21. The Morgan fingerprint density at radius 3 is 3.00 bits per heavy atom. The smallest absolute Gasteiger partial charge is 0.269 e. The van der Waals surface area contributed by atoms with Crippen molar-refractivity contribution >= 4 is 17.0 Å². The molecule has 18 heavy (non-hydrogen) atoms. The second-order valence-corrected chi connectivity index (χ2v) is 5.48. The topological polar surface area (TPSA) is 59.8 Å². The molecule has 2 heterocycles. The quantitative estimate of drug-likeness (QED) is 0.909. The van der Waals surface area contributed by atoms with Crippen molar-refractivity contribution in [2.45, 2.75) is 32.4 Å². The van der Waals surface area contributed by atoms with Crippen LogP contribution in [0.25, 0.3) is 0 Å². The van der Waals surface area contributed by atoms with Gasteiger partial charge in [-0.2, -0.15) is 5.10 Å². The van der Waals surface area contributed by atoms with Crippen LogP contribution in [-0.4, -0.2) is 20.8 Å². The fourth-order valence-electron chi connectivity index (χ4n) is 1.70. The average molecular weight is 262 g/mol. The third-order valence-corrected chi connectivity index (χ3v) is 3.72. The molecule has 1 N–H and O–H groups in total. The van der Waals surface area contributed by atoms with Gasteiger partial charge in [-0.1, -0.05) is 0 Å². The lowest BCUT2D eigenvalue weighted by Gasteiger charge is -2.05. The summed E-state index contributed by atoms with van der Waals surface area (Å²) in [6.07, 6.45) is 4.07. The van der Waals surface area contributed by atoms with Gasteiger partial charge < -0.3 is 5.32 Å². The molecule has 2 aromatic rings. The summed E-state index contributed by atoms with van der Waals surface area (Å²) in [5.74, 6) is 0. The molecule has 1 fully saturated rings. The summed E-state index contributed by atoms with van der Waals surface area (Å²) in [5, 5.41) is 10.3. The van der Waals surface area contributed by atoms with Crippen LogP contribution in [0, 0.1) is 6.92 Å². The van der Waals surface area contributed by atoms with Crippen LogP contribution in [0.4, 0.5) is 5.69 Å². The standard InChI is InChI=1S/C12H14N4OS/c1-8-7-18-11(14-8)6-16-12(17)4-10(5-13-16)15-9-2-3-9/h4-5,7,9,15H,2-3,6H2,1H3. The minimum Gasteiger partial charge on any atom is -0.381 e. The lowest BCUT2D eigenvalue weighted by molar-refractivity contribution is 0.636. The number of thiazole rings is 1. The Hall–Kier alpha value is -1.69. The zero-order chi connectivity index (χ0) is 12.5. The van der Waals surface area contributed by atoms with Gasteiger partial charge in [-0.3, -0.25) is 4.79 Å². The lowest BCUT2D eigenvalue weighted by Crippen LogP contribution is -2.23. The molecular weight excluding hydrogens is 248 g/mol. The highest BCUT2D eigenvalue weighted by molar-refractivity contribution is 7.09. The molecular formula is C12H14N4OS. The van der Waals surface area contributed by atoms with Crippen molar-refractivity contribution in [3.8, 4) is 0 Å². The maximum Gasteiger partial charge on any atom is 0.269 e. The summed E-state index contributed by atoms with van der Waals surface area (Å²) in [6.45, 7) is 2.39. The first kappa shape index (κ1) is 11.4. The summed E-state index contributed by atoms with van der Waals surface area (Å²) in [4.78, 5) is 16.2. The highest BCUT2D eigenvalue weighted by atomic mass is 32.1. The third-order valence-electron chi connectivity index (χ3n) is 2.77. The first-order valence-electron chi connectivity index (χ1n) is 5.95. The fourth-order valence-corrected chi connectivity index (χ4v) is 2.45. The Kier molecular flexibility index (Phi) is 2.87. The van der Waals surface area contributed by atoms with E-state index in [9.17, 15) is 4.79 Å². The van der Waals surface area contributed by atoms with Crippen molar-refractivity contribution in [2.75, 3.05) is 5.32 Å². The van der Waals surface area contributed by atoms with E-state index in [1.54, 1.807) is 23.6 Å². The molecule has 5 nitrogen and oxygen atoms in total. The molecule has 0 amide bonds. The molecule has 1 saturated carbocycles. The van der Waals surface area contributed by atoms with Gasteiger partial charge in [0.15, 0.2) is 0 Å². The number of rotatable bonds is 4. The molecule has 3 rings (SSSR count). The number of hydrogen-bond acceptors (Lipinski definition) is 5. The Morgan fingerprint density at radius 1 is 1.56 bits per heavy atom. The van der Waals surface area contributed by atoms with Crippen LogP contribution in [0.1, 0.15) is 23.5 Å². The second-order valence-electron chi connectivity index (χ2n) is 4.54. The molecule has 0 aliphatic heterocycles. The molecule has 94 valence electrons. The van der Waals surface area contributed by atoms with E-state index in [0.717, 1.165) is 16.4 Å². The summed E-state index contributed by atoms with van der Waals surface area (Å²) in [5.41, 5.74) is 1.71. The van der Waals surface area contributed by atoms with Gasteiger partial charge in [0.25, 0.3) is 5.56 Å². The van der Waals surface area contributed by atoms with E-state index in [0.29, 0.717) is 12.6 Å². The molecule has 1 aliphatic rings. The van der Waals surface area contributed by atoms with Crippen molar-refractivity contribution in [3.05, 3.63) is 38.7 Å². The Bertz CT molecular complexity index is 615. The van der Waals surface area contributed by atoms with Crippen molar-refractivity contribution in [1.82, 2.24) is 14.8 Å². The lowest BCUT2D eigenvalue weighted by atomic mass is 10.4. The average Bonchev–Trinajstić information content (AvgIpc) is 3.05. The molecule has 0 aromatic carbocycles. The van der Waals surface area contributed by atoms with Crippen molar-refractivity contribution < 1.29 is 0 Å². The van der Waals surface area contributed by atoms with Gasteiger partial charge in [0.2, 0.25) is 0 Å². The largest absolute Gasteiger partial charge is 0.381 e. The number of aromatic nitrogens is 3. The van der Waals surface area contributed by atoms with Crippen molar-refractivity contribution in [2.24, 2.45) is 0 Å². The van der Waals surface area contributed by atoms with E-state index in [-0.39, 0.29) is 5.56 Å². The number of hydrogen-bond donors (Lipinski definition) is 1. The zero-order valence-corrected chi connectivity index (χ0v) is 10.9. The summed E-state index contributed by atoms with van der Waals surface area (Å²) >= 11 is 1.55. The molecule has 6 heteroatoms. The van der Waals surface area contributed by atoms with E-state index < -0.39 is 0 Å². The first-order chi connectivity index (χ1) is 8.70. The Morgan fingerprint density at radius 2 is 2.39 bits per heavy atom. The normalized spacial score (nSPS) is 14.7. The van der Waals surface area contributed by atoms with Gasteiger partial charge in [-0.15, -0.1) is 11.3 Å². The summed E-state index contributed by atoms with van der Waals surface area (Å²) in [6, 6.07) is 2.13. The SMILES string of the molecule is Cc1csc(Cn2ncc(NC3CC3)cc2=O)n1. The number of aryl methyl sites for hydroxylation is 1. The zero-order valence-electron chi connectivity index (χ0n) is 10.1. The number of anilines is 1. The molecule has 0 atom stereocenters. The van der Waals surface area contributed by atoms with E-state index in [1.807, 2.05) is 12.3 Å². The predicted molar refractivity (Wildman–Crippen MR) is 71.1 cm³/mol. The minimum absolute atomic E-state index is 0.0893. The maximum atomic E-state index is 11.9. The van der Waals surface area contributed by atoms with Gasteiger partial charge in [-0.25, -0.2) is 9.67 Å². The van der Waals surface area contributed by atoms with E-state index >= 15 is 0 Å². The maximum absolute atomic E-state index is 11.9. The summed E-state index contributed by atoms with van der Waals surface area (Å²) in [7, 11) is 0. The molecule has 0 bridgehead atoms. The molecule has 2 aromatic heterocycles. The first-order valence-corrected chi connectivity index (χ1v) is 6.83. The fraction of sp³-hybridized carbons (Fsp3) is 0.417. The number of nitrogens with one attached hydrogen (secondary N) is 1. The Labute approximate surface area is 108 Å². The van der Waals surface area contributed by atoms with Gasteiger partial charge in [-0.05, 0) is 19.8 Å². The predicted octanol–water partition coefficient (Wildman–Crippen LogP) is 1.63. The third kappa shape index (κ3) is 2.59. The molecule has 0 radical (unpaired) electrons. The Balaban J connectivity index is 1.77. The molecule has 1 aliphatic carbocycles. The van der Waals surface area contributed by atoms with E-state index in [1.165, 1.54) is 17.5 Å². The van der Waals surface area contributed by atoms with Crippen LogP contribution in [0.5, 0.6) is 0 Å². The van der Waals surface area contributed by atoms with Crippen molar-refractivity contribution in [1.29, 1.82) is 0 Å². The molecule has 0 saturated heterocycles.